The second-order valence-electron chi connectivity index (χ2n) is 12.9. The van der Waals surface area contributed by atoms with E-state index in [2.05, 4.69) is 10.1 Å². The minimum atomic E-state index is -3.45. The number of ether oxygens (including phenoxy) is 1. The Labute approximate surface area is 205 Å². The fourth-order valence-corrected chi connectivity index (χ4v) is 7.21. The van der Waals surface area contributed by atoms with Crippen molar-refractivity contribution in [3.05, 3.63) is 34.4 Å². The van der Waals surface area contributed by atoms with Gasteiger partial charge in [-0.1, -0.05) is 53.7 Å². The summed E-state index contributed by atoms with van der Waals surface area (Å²) < 4.78 is 32.9. The third-order valence-corrected chi connectivity index (χ3v) is 8.24. The molecule has 0 radical (unpaired) electrons. The molecule has 34 heavy (non-hydrogen) atoms. The van der Waals surface area contributed by atoms with Gasteiger partial charge in [-0.25, -0.2) is 13.2 Å². The second kappa shape index (κ2) is 9.21. The van der Waals surface area contributed by atoms with Gasteiger partial charge in [0.05, 0.1) is 11.0 Å². The molecule has 0 spiro atoms. The van der Waals surface area contributed by atoms with Crippen molar-refractivity contribution in [2.75, 3.05) is 0 Å². The van der Waals surface area contributed by atoms with Gasteiger partial charge in [-0.05, 0) is 56.9 Å². The van der Waals surface area contributed by atoms with Crippen LogP contribution in [0.2, 0.25) is 0 Å². The van der Waals surface area contributed by atoms with E-state index in [1.165, 1.54) is 0 Å². The summed E-state index contributed by atoms with van der Waals surface area (Å²) in [5, 5.41) is 3.10. The lowest BCUT2D eigenvalue weighted by atomic mass is 9.78. The fourth-order valence-electron chi connectivity index (χ4n) is 5.00. The van der Waals surface area contributed by atoms with Crippen LogP contribution in [-0.4, -0.2) is 41.7 Å². The van der Waals surface area contributed by atoms with E-state index >= 15 is 0 Å². The van der Waals surface area contributed by atoms with E-state index in [0.717, 1.165) is 11.1 Å². The zero-order chi connectivity index (χ0) is 26.3. The van der Waals surface area contributed by atoms with Crippen molar-refractivity contribution in [2.45, 2.75) is 115 Å². The fraction of sp³-hybridized carbons (Fsp3) is 0.692. The molecule has 0 aliphatic carbocycles. The Kier molecular flexibility index (Phi) is 7.65. The summed E-state index contributed by atoms with van der Waals surface area (Å²) >= 11 is 0. The summed E-state index contributed by atoms with van der Waals surface area (Å²) in [6.45, 7) is 20.1. The average molecular weight is 492 g/mol. The molecule has 0 aromatic heterocycles. The Bertz CT molecular complexity index is 1050. The first-order valence-electron chi connectivity index (χ1n) is 11.7. The lowest BCUT2D eigenvalue weighted by Gasteiger charge is -2.46. The highest BCUT2D eigenvalue weighted by Gasteiger charge is 2.43. The third kappa shape index (κ3) is 7.00. The van der Waals surface area contributed by atoms with Crippen LogP contribution in [0.25, 0.3) is 5.53 Å². The van der Waals surface area contributed by atoms with E-state index in [1.807, 2.05) is 81.4 Å². The Morgan fingerprint density at radius 2 is 1.50 bits per heavy atom. The Hall–Kier alpha value is -2.02. The van der Waals surface area contributed by atoms with Crippen LogP contribution in [0.15, 0.2) is 12.1 Å². The SMILES string of the molecule is CC1(C)CC(S(=O)(=O)Cc2cc(C(C)(C)C)c(OC(=O)C=[N+]=[N-])c(C(C)(C)C)c2)CC(C)(C)N1. The Morgan fingerprint density at radius 3 is 1.88 bits per heavy atom. The van der Waals surface area contributed by atoms with E-state index in [1.54, 1.807) is 0 Å². The number of carbonyl (C=O) groups excluding carboxylic acids is 1. The number of piperidine rings is 1. The predicted molar refractivity (Wildman–Crippen MR) is 136 cm³/mol. The van der Waals surface area contributed by atoms with Crippen molar-refractivity contribution in [2.24, 2.45) is 0 Å². The zero-order valence-electron chi connectivity index (χ0n) is 22.4. The van der Waals surface area contributed by atoms with Crippen LogP contribution in [0.5, 0.6) is 5.75 Å². The minimum absolute atomic E-state index is 0.0810. The van der Waals surface area contributed by atoms with Gasteiger partial charge in [0.25, 0.3) is 0 Å². The minimum Gasteiger partial charge on any atom is -0.418 e. The van der Waals surface area contributed by atoms with Crippen LogP contribution in [0.1, 0.15) is 98.8 Å². The van der Waals surface area contributed by atoms with Gasteiger partial charge >= 0.3 is 12.2 Å². The number of hydrogen-bond donors (Lipinski definition) is 1. The quantitative estimate of drug-likeness (QED) is 0.211. The van der Waals surface area contributed by atoms with E-state index in [9.17, 15) is 13.2 Å². The number of carbonyl (C=O) groups is 1. The lowest BCUT2D eigenvalue weighted by molar-refractivity contribution is -0.130. The van der Waals surface area contributed by atoms with E-state index in [4.69, 9.17) is 10.3 Å². The molecule has 0 bridgehead atoms. The molecule has 0 atom stereocenters. The number of rotatable bonds is 5. The highest BCUT2D eigenvalue weighted by molar-refractivity contribution is 7.91. The third-order valence-electron chi connectivity index (χ3n) is 6.16. The number of benzene rings is 1. The summed E-state index contributed by atoms with van der Waals surface area (Å²) in [5.74, 6) is -0.490. The molecule has 1 aromatic rings. The molecule has 1 N–H and O–H groups in total. The van der Waals surface area contributed by atoms with Crippen LogP contribution in [-0.2, 0) is 31.2 Å². The molecule has 1 aliphatic rings. The van der Waals surface area contributed by atoms with Crippen LogP contribution >= 0.6 is 0 Å². The van der Waals surface area contributed by atoms with Crippen molar-refractivity contribution in [3.8, 4) is 5.75 Å². The summed E-state index contributed by atoms with van der Waals surface area (Å²) in [4.78, 5) is 15.0. The molecule has 0 amide bonds. The van der Waals surface area contributed by atoms with E-state index in [-0.39, 0.29) is 16.8 Å². The molecular formula is C26H41N3O4S. The molecule has 2 rings (SSSR count). The van der Waals surface area contributed by atoms with Gasteiger partial charge in [0.15, 0.2) is 9.84 Å². The van der Waals surface area contributed by atoms with Gasteiger partial charge in [0.2, 0.25) is 0 Å². The smallest absolute Gasteiger partial charge is 0.418 e. The van der Waals surface area contributed by atoms with Gasteiger partial charge < -0.3 is 15.6 Å². The number of nitrogens with one attached hydrogen (secondary N) is 1. The number of nitrogens with zero attached hydrogens (tertiary/aromatic N) is 2. The molecule has 8 heteroatoms. The largest absolute Gasteiger partial charge is 0.419 e. The molecule has 1 heterocycles. The van der Waals surface area contributed by atoms with Gasteiger partial charge in [0, 0.05) is 22.2 Å². The number of hydrogen-bond acceptors (Lipinski definition) is 5. The summed E-state index contributed by atoms with van der Waals surface area (Å²) in [6.07, 6.45) is 1.80. The predicted octanol–water partition coefficient (Wildman–Crippen LogP) is 4.71. The molecule has 0 saturated carbocycles. The molecule has 1 aliphatic heterocycles. The van der Waals surface area contributed by atoms with Crippen molar-refractivity contribution in [1.29, 1.82) is 0 Å². The second-order valence-corrected chi connectivity index (χ2v) is 15.2. The van der Waals surface area contributed by atoms with Gasteiger partial charge in [-0.2, -0.15) is 4.79 Å². The maximum atomic E-state index is 13.6. The van der Waals surface area contributed by atoms with E-state index < -0.39 is 31.9 Å². The maximum Gasteiger partial charge on any atom is 0.419 e. The van der Waals surface area contributed by atoms with Crippen LogP contribution in [0.4, 0.5) is 0 Å². The average Bonchev–Trinajstić information content (AvgIpc) is 2.58. The summed E-state index contributed by atoms with van der Waals surface area (Å²) in [6, 6.07) is 3.67. The first-order valence-corrected chi connectivity index (χ1v) is 13.5. The van der Waals surface area contributed by atoms with E-state index in [0.29, 0.717) is 30.4 Å². The van der Waals surface area contributed by atoms with Crippen LogP contribution in [0.3, 0.4) is 0 Å². The lowest BCUT2D eigenvalue weighted by Crippen LogP contribution is -2.60. The Balaban J connectivity index is 2.62. The maximum absolute atomic E-state index is 13.6. The molecule has 1 fully saturated rings. The Morgan fingerprint density at radius 1 is 1.06 bits per heavy atom. The zero-order valence-corrected chi connectivity index (χ0v) is 23.2. The topological polar surface area (TPSA) is 109 Å². The first kappa shape index (κ1) is 28.2. The van der Waals surface area contributed by atoms with Gasteiger partial charge in [-0.15, -0.1) is 0 Å². The summed E-state index contributed by atoms with van der Waals surface area (Å²) in [7, 11) is -3.45. The van der Waals surface area contributed by atoms with Crippen molar-refractivity contribution < 1.29 is 22.7 Å². The molecule has 190 valence electrons. The van der Waals surface area contributed by atoms with Crippen molar-refractivity contribution in [1.82, 2.24) is 5.32 Å². The molecule has 7 nitrogen and oxygen atoms in total. The summed E-state index contributed by atoms with van der Waals surface area (Å²) in [5.41, 5.74) is 9.47. The van der Waals surface area contributed by atoms with Crippen molar-refractivity contribution >= 4 is 22.0 Å². The first-order chi connectivity index (χ1) is 15.2. The molecular weight excluding hydrogens is 450 g/mol. The van der Waals surface area contributed by atoms with Crippen molar-refractivity contribution in [3.63, 3.8) is 0 Å². The monoisotopic (exact) mass is 491 g/mol. The number of esters is 1. The molecule has 0 unspecified atom stereocenters. The number of sulfone groups is 1. The highest BCUT2D eigenvalue weighted by Crippen LogP contribution is 2.42. The standard InChI is InChI=1S/C26H41N3O4S/c1-23(2,3)19-11-17(12-20(24(4,5)6)22(19)33-21(30)15-28-27)16-34(31,32)18-13-25(7,8)29-26(9,10)14-18/h11-12,15,18,29H,13-14,16H2,1-10H3. The van der Waals surface area contributed by atoms with Gasteiger partial charge in [-0.3, -0.25) is 0 Å². The molecule has 1 aromatic carbocycles. The van der Waals surface area contributed by atoms with Crippen LogP contribution in [0, 0.1) is 0 Å². The molecule has 1 saturated heterocycles. The highest BCUT2D eigenvalue weighted by atomic mass is 32.2. The normalized spacial score (nSPS) is 18.8. The van der Waals surface area contributed by atoms with Crippen LogP contribution < -0.4 is 10.1 Å². The van der Waals surface area contributed by atoms with Gasteiger partial charge in [0.1, 0.15) is 5.75 Å².